The Balaban J connectivity index is 2.40. The lowest BCUT2D eigenvalue weighted by Gasteiger charge is -2.27. The van der Waals surface area contributed by atoms with Gasteiger partial charge in [0.25, 0.3) is 0 Å². The maximum atomic E-state index is 12.1. The lowest BCUT2D eigenvalue weighted by Crippen LogP contribution is -2.48. The molecule has 116 valence electrons. The molecule has 0 aromatic heterocycles. The molecule has 0 heterocycles. The summed E-state index contributed by atoms with van der Waals surface area (Å²) in [4.78, 5) is 25.6. The average molecular weight is 286 g/mol. The van der Waals surface area contributed by atoms with E-state index in [0.717, 1.165) is 19.3 Å². The van der Waals surface area contributed by atoms with Gasteiger partial charge in [0.15, 0.2) is 0 Å². The highest BCUT2D eigenvalue weighted by Crippen LogP contribution is 2.28. The van der Waals surface area contributed by atoms with Gasteiger partial charge in [-0.2, -0.15) is 0 Å². The Kier molecular flexibility index (Phi) is 7.54. The van der Waals surface area contributed by atoms with Gasteiger partial charge < -0.3 is 14.8 Å². The van der Waals surface area contributed by atoms with Gasteiger partial charge in [-0.1, -0.05) is 0 Å². The zero-order valence-corrected chi connectivity index (χ0v) is 12.7. The zero-order valence-electron chi connectivity index (χ0n) is 12.7. The molecule has 0 aliphatic heterocycles. The number of amides is 1. The molecule has 0 aromatic carbocycles. The third kappa shape index (κ3) is 5.88. The van der Waals surface area contributed by atoms with Crippen molar-refractivity contribution in [3.8, 4) is 0 Å². The second-order valence-electron chi connectivity index (χ2n) is 5.02. The monoisotopic (exact) mass is 286 g/mol. The fourth-order valence-electron chi connectivity index (χ4n) is 2.07. The summed E-state index contributed by atoms with van der Waals surface area (Å²) in [6, 6.07) is 0.0218. The first kappa shape index (κ1) is 16.9. The summed E-state index contributed by atoms with van der Waals surface area (Å²) in [6.45, 7) is 5.40. The highest BCUT2D eigenvalue weighted by molar-refractivity contribution is 5.82. The largest absolute Gasteiger partial charge is 0.465 e. The molecular weight excluding hydrogens is 260 g/mol. The fraction of sp³-hybridized carbons (Fsp3) is 0.857. The van der Waals surface area contributed by atoms with Crippen LogP contribution in [0.4, 0.5) is 0 Å². The van der Waals surface area contributed by atoms with Crippen molar-refractivity contribution in [1.29, 1.82) is 0 Å². The quantitative estimate of drug-likeness (QED) is 0.469. The van der Waals surface area contributed by atoms with Gasteiger partial charge in [-0.3, -0.25) is 14.5 Å². The maximum Gasteiger partial charge on any atom is 0.320 e. The molecule has 1 aliphatic carbocycles. The first-order valence-electron chi connectivity index (χ1n) is 7.28. The van der Waals surface area contributed by atoms with Crippen LogP contribution in [0.2, 0.25) is 0 Å². The molecule has 1 amide bonds. The number of rotatable bonds is 10. The number of carbonyl (C=O) groups is 2. The summed E-state index contributed by atoms with van der Waals surface area (Å²) in [5.74, 6) is -0.310. The molecule has 0 radical (unpaired) electrons. The second kappa shape index (κ2) is 8.92. The average Bonchev–Trinajstić information content (AvgIpc) is 3.24. The number of ether oxygens (including phenoxy) is 2. The van der Waals surface area contributed by atoms with E-state index in [4.69, 9.17) is 9.47 Å². The van der Waals surface area contributed by atoms with Crippen LogP contribution in [0, 0.1) is 0 Å². The normalized spacial score (nSPS) is 16.0. The predicted molar refractivity (Wildman–Crippen MR) is 75.3 cm³/mol. The van der Waals surface area contributed by atoms with Crippen LogP contribution in [-0.4, -0.2) is 62.3 Å². The van der Waals surface area contributed by atoms with Gasteiger partial charge in [-0.05, 0) is 33.1 Å². The van der Waals surface area contributed by atoms with E-state index in [9.17, 15) is 9.59 Å². The van der Waals surface area contributed by atoms with Gasteiger partial charge in [0.2, 0.25) is 5.91 Å². The smallest absolute Gasteiger partial charge is 0.320 e. The Morgan fingerprint density at radius 2 is 2.10 bits per heavy atom. The van der Waals surface area contributed by atoms with Crippen LogP contribution in [0.3, 0.4) is 0 Å². The zero-order chi connectivity index (χ0) is 15.0. The van der Waals surface area contributed by atoms with Gasteiger partial charge in [0.05, 0.1) is 19.2 Å². The maximum absolute atomic E-state index is 12.1. The Morgan fingerprint density at radius 3 is 2.65 bits per heavy atom. The molecule has 0 aromatic rings. The standard InChI is InChI=1S/C14H26N2O4/c1-4-20-13(17)10-16(12-6-7-12)11(2)14(18)15-8-5-9-19-3/h11-12H,4-10H2,1-3H3,(H,15,18). The van der Waals surface area contributed by atoms with Crippen LogP contribution in [-0.2, 0) is 19.1 Å². The van der Waals surface area contributed by atoms with Gasteiger partial charge in [-0.15, -0.1) is 0 Å². The van der Waals surface area contributed by atoms with Crippen molar-refractivity contribution in [1.82, 2.24) is 10.2 Å². The van der Waals surface area contributed by atoms with Crippen molar-refractivity contribution in [3.05, 3.63) is 0 Å². The molecule has 0 saturated heterocycles. The Morgan fingerprint density at radius 1 is 1.40 bits per heavy atom. The summed E-state index contributed by atoms with van der Waals surface area (Å²) >= 11 is 0. The molecule has 1 rings (SSSR count). The highest BCUT2D eigenvalue weighted by Gasteiger charge is 2.36. The SMILES string of the molecule is CCOC(=O)CN(C1CC1)C(C)C(=O)NCCCOC. The van der Waals surface area contributed by atoms with Crippen LogP contribution < -0.4 is 5.32 Å². The number of esters is 1. The van der Waals surface area contributed by atoms with E-state index in [1.165, 1.54) is 0 Å². The van der Waals surface area contributed by atoms with Crippen molar-refractivity contribution in [3.63, 3.8) is 0 Å². The summed E-state index contributed by atoms with van der Waals surface area (Å²) in [5, 5.41) is 2.87. The molecule has 0 bridgehead atoms. The van der Waals surface area contributed by atoms with E-state index in [1.807, 2.05) is 11.8 Å². The summed E-state index contributed by atoms with van der Waals surface area (Å²) in [6.07, 6.45) is 2.87. The fourth-order valence-corrected chi connectivity index (χ4v) is 2.07. The molecule has 0 spiro atoms. The van der Waals surface area contributed by atoms with Crippen LogP contribution in [0.15, 0.2) is 0 Å². The van der Waals surface area contributed by atoms with Crippen LogP contribution >= 0.6 is 0 Å². The second-order valence-corrected chi connectivity index (χ2v) is 5.02. The minimum Gasteiger partial charge on any atom is -0.465 e. The number of methoxy groups -OCH3 is 1. The van der Waals surface area contributed by atoms with Crippen LogP contribution in [0.25, 0.3) is 0 Å². The molecule has 1 unspecified atom stereocenters. The first-order valence-corrected chi connectivity index (χ1v) is 7.28. The van der Waals surface area contributed by atoms with Gasteiger partial charge in [0.1, 0.15) is 0 Å². The van der Waals surface area contributed by atoms with E-state index < -0.39 is 0 Å². The lowest BCUT2D eigenvalue weighted by atomic mass is 10.2. The lowest BCUT2D eigenvalue weighted by molar-refractivity contribution is -0.145. The predicted octanol–water partition coefficient (Wildman–Crippen LogP) is 0.555. The molecule has 6 heteroatoms. The molecular formula is C14H26N2O4. The van der Waals surface area contributed by atoms with Crippen molar-refractivity contribution in [2.75, 3.05) is 33.4 Å². The molecule has 1 atom stereocenters. The minimum atomic E-state index is -0.311. The number of hydrogen-bond donors (Lipinski definition) is 1. The number of nitrogens with one attached hydrogen (secondary N) is 1. The molecule has 20 heavy (non-hydrogen) atoms. The van der Waals surface area contributed by atoms with Crippen LogP contribution in [0.5, 0.6) is 0 Å². The highest BCUT2D eigenvalue weighted by atomic mass is 16.5. The van der Waals surface area contributed by atoms with E-state index >= 15 is 0 Å². The molecule has 1 saturated carbocycles. The summed E-state index contributed by atoms with van der Waals surface area (Å²) in [5.41, 5.74) is 0. The van der Waals surface area contributed by atoms with E-state index in [1.54, 1.807) is 14.0 Å². The van der Waals surface area contributed by atoms with E-state index in [-0.39, 0.29) is 24.5 Å². The van der Waals surface area contributed by atoms with Crippen molar-refractivity contribution < 1.29 is 19.1 Å². The molecule has 6 nitrogen and oxygen atoms in total. The van der Waals surface area contributed by atoms with Crippen LogP contribution in [0.1, 0.15) is 33.1 Å². The van der Waals surface area contributed by atoms with Gasteiger partial charge in [-0.25, -0.2) is 0 Å². The topological polar surface area (TPSA) is 67.9 Å². The van der Waals surface area contributed by atoms with Crippen molar-refractivity contribution in [2.24, 2.45) is 0 Å². The van der Waals surface area contributed by atoms with Crippen molar-refractivity contribution >= 4 is 11.9 Å². The third-order valence-corrected chi connectivity index (χ3v) is 3.33. The minimum absolute atomic E-state index is 0.0442. The number of carbonyl (C=O) groups excluding carboxylic acids is 2. The summed E-state index contributed by atoms with van der Waals surface area (Å²) in [7, 11) is 1.64. The molecule has 1 N–H and O–H groups in total. The van der Waals surface area contributed by atoms with E-state index in [2.05, 4.69) is 5.32 Å². The Hall–Kier alpha value is -1.14. The van der Waals surface area contributed by atoms with Crippen molar-refractivity contribution in [2.45, 2.75) is 45.2 Å². The van der Waals surface area contributed by atoms with E-state index in [0.29, 0.717) is 25.8 Å². The molecule has 1 fully saturated rings. The first-order chi connectivity index (χ1) is 9.60. The summed E-state index contributed by atoms with van der Waals surface area (Å²) < 4.78 is 9.90. The number of nitrogens with zero attached hydrogens (tertiary/aromatic N) is 1. The molecule has 1 aliphatic rings. The van der Waals surface area contributed by atoms with Gasteiger partial charge >= 0.3 is 5.97 Å². The Bertz CT molecular complexity index is 318. The third-order valence-electron chi connectivity index (χ3n) is 3.33. The number of hydrogen-bond acceptors (Lipinski definition) is 5. The Labute approximate surface area is 120 Å². The van der Waals surface area contributed by atoms with Gasteiger partial charge in [0, 0.05) is 26.3 Å².